The molecular formula is C13H19N3O2. The SMILES string of the molecule is CNC(=O)c1cc(OCCC2CCNC2)ccn1. The number of nitrogens with zero attached hydrogens (tertiary/aromatic N) is 1. The zero-order chi connectivity index (χ0) is 12.8. The van der Waals surface area contributed by atoms with Gasteiger partial charge in [0.1, 0.15) is 11.4 Å². The lowest BCUT2D eigenvalue weighted by atomic mass is 10.1. The molecule has 1 aromatic heterocycles. The third-order valence-corrected chi connectivity index (χ3v) is 3.15. The number of ether oxygens (including phenoxy) is 1. The molecule has 0 spiro atoms. The Kier molecular flexibility index (Phi) is 4.52. The molecule has 1 atom stereocenters. The van der Waals surface area contributed by atoms with Gasteiger partial charge in [0.2, 0.25) is 0 Å². The fraction of sp³-hybridized carbons (Fsp3) is 0.538. The van der Waals surface area contributed by atoms with E-state index in [1.807, 2.05) is 0 Å². The summed E-state index contributed by atoms with van der Waals surface area (Å²) in [4.78, 5) is 15.4. The molecule has 1 unspecified atom stereocenters. The molecule has 5 nitrogen and oxygen atoms in total. The fourth-order valence-corrected chi connectivity index (χ4v) is 2.06. The van der Waals surface area contributed by atoms with Crippen molar-refractivity contribution in [1.29, 1.82) is 0 Å². The predicted molar refractivity (Wildman–Crippen MR) is 68.7 cm³/mol. The van der Waals surface area contributed by atoms with Gasteiger partial charge in [-0.15, -0.1) is 0 Å². The smallest absolute Gasteiger partial charge is 0.269 e. The van der Waals surface area contributed by atoms with E-state index in [4.69, 9.17) is 4.74 Å². The molecule has 0 saturated carbocycles. The quantitative estimate of drug-likeness (QED) is 0.811. The van der Waals surface area contributed by atoms with Crippen molar-refractivity contribution in [2.45, 2.75) is 12.8 Å². The van der Waals surface area contributed by atoms with Crippen molar-refractivity contribution in [3.05, 3.63) is 24.0 Å². The number of carbonyl (C=O) groups excluding carboxylic acids is 1. The van der Waals surface area contributed by atoms with E-state index in [0.29, 0.717) is 24.0 Å². The molecule has 2 N–H and O–H groups in total. The van der Waals surface area contributed by atoms with Gasteiger partial charge in [-0.2, -0.15) is 0 Å². The first-order valence-corrected chi connectivity index (χ1v) is 6.31. The highest BCUT2D eigenvalue weighted by Crippen LogP contribution is 2.15. The predicted octanol–water partition coefficient (Wildman–Crippen LogP) is 0.820. The first-order valence-electron chi connectivity index (χ1n) is 6.31. The van der Waals surface area contributed by atoms with Crippen LogP contribution in [0.3, 0.4) is 0 Å². The van der Waals surface area contributed by atoms with Crippen LogP contribution in [0.15, 0.2) is 18.3 Å². The highest BCUT2D eigenvalue weighted by Gasteiger charge is 2.14. The van der Waals surface area contributed by atoms with Crippen LogP contribution in [0.1, 0.15) is 23.3 Å². The number of aromatic nitrogens is 1. The van der Waals surface area contributed by atoms with Gasteiger partial charge >= 0.3 is 0 Å². The largest absolute Gasteiger partial charge is 0.493 e. The van der Waals surface area contributed by atoms with Gasteiger partial charge in [-0.3, -0.25) is 9.78 Å². The van der Waals surface area contributed by atoms with E-state index < -0.39 is 0 Å². The minimum absolute atomic E-state index is 0.194. The lowest BCUT2D eigenvalue weighted by Crippen LogP contribution is -2.19. The molecule has 2 rings (SSSR count). The zero-order valence-corrected chi connectivity index (χ0v) is 10.6. The molecule has 18 heavy (non-hydrogen) atoms. The molecule has 5 heteroatoms. The number of hydrogen-bond donors (Lipinski definition) is 2. The van der Waals surface area contributed by atoms with Gasteiger partial charge in [-0.05, 0) is 37.9 Å². The number of amides is 1. The Labute approximate surface area is 107 Å². The molecule has 1 aliphatic heterocycles. The third-order valence-electron chi connectivity index (χ3n) is 3.15. The number of hydrogen-bond acceptors (Lipinski definition) is 4. The summed E-state index contributed by atoms with van der Waals surface area (Å²) in [6.45, 7) is 2.88. The molecular weight excluding hydrogens is 230 g/mol. The van der Waals surface area contributed by atoms with E-state index in [-0.39, 0.29) is 5.91 Å². The fourth-order valence-electron chi connectivity index (χ4n) is 2.06. The molecule has 0 aliphatic carbocycles. The standard InChI is InChI=1S/C13H19N3O2/c1-14-13(17)12-8-11(3-6-16-12)18-7-4-10-2-5-15-9-10/h3,6,8,10,15H,2,4-5,7,9H2,1H3,(H,14,17). The Bertz CT molecular complexity index is 403. The summed E-state index contributed by atoms with van der Waals surface area (Å²) >= 11 is 0. The van der Waals surface area contributed by atoms with Crippen molar-refractivity contribution in [3.63, 3.8) is 0 Å². The average molecular weight is 249 g/mol. The van der Waals surface area contributed by atoms with Crippen molar-refractivity contribution in [3.8, 4) is 5.75 Å². The Morgan fingerprint density at radius 1 is 1.67 bits per heavy atom. The molecule has 0 bridgehead atoms. The van der Waals surface area contributed by atoms with E-state index in [0.717, 1.165) is 19.5 Å². The zero-order valence-electron chi connectivity index (χ0n) is 10.6. The molecule has 0 radical (unpaired) electrons. The Hall–Kier alpha value is -1.62. The van der Waals surface area contributed by atoms with Gasteiger partial charge in [0.15, 0.2) is 0 Å². The van der Waals surface area contributed by atoms with Crippen LogP contribution < -0.4 is 15.4 Å². The van der Waals surface area contributed by atoms with Crippen LogP contribution in [0, 0.1) is 5.92 Å². The van der Waals surface area contributed by atoms with E-state index in [1.165, 1.54) is 6.42 Å². The van der Waals surface area contributed by atoms with E-state index in [2.05, 4.69) is 15.6 Å². The van der Waals surface area contributed by atoms with Crippen LogP contribution in [0.4, 0.5) is 0 Å². The highest BCUT2D eigenvalue weighted by molar-refractivity contribution is 5.92. The molecule has 0 aromatic carbocycles. The molecule has 2 heterocycles. The topological polar surface area (TPSA) is 63.2 Å². The van der Waals surface area contributed by atoms with Gasteiger partial charge < -0.3 is 15.4 Å². The minimum Gasteiger partial charge on any atom is -0.493 e. The second-order valence-electron chi connectivity index (χ2n) is 4.45. The first-order chi connectivity index (χ1) is 8.79. The second-order valence-corrected chi connectivity index (χ2v) is 4.45. The van der Waals surface area contributed by atoms with Gasteiger partial charge in [0.25, 0.3) is 5.91 Å². The molecule has 1 fully saturated rings. The van der Waals surface area contributed by atoms with Gasteiger partial charge in [-0.25, -0.2) is 0 Å². The summed E-state index contributed by atoms with van der Waals surface area (Å²) < 4.78 is 5.66. The maximum absolute atomic E-state index is 11.4. The van der Waals surface area contributed by atoms with Crippen LogP contribution >= 0.6 is 0 Å². The summed E-state index contributed by atoms with van der Waals surface area (Å²) in [6.07, 6.45) is 3.87. The van der Waals surface area contributed by atoms with Crippen molar-refractivity contribution in [2.75, 3.05) is 26.7 Å². The van der Waals surface area contributed by atoms with Crippen LogP contribution in [-0.4, -0.2) is 37.6 Å². The lowest BCUT2D eigenvalue weighted by molar-refractivity contribution is 0.0957. The molecule has 1 aliphatic rings. The maximum Gasteiger partial charge on any atom is 0.269 e. The van der Waals surface area contributed by atoms with Crippen LogP contribution in [-0.2, 0) is 0 Å². The molecule has 1 amide bonds. The van der Waals surface area contributed by atoms with Crippen LogP contribution in [0.2, 0.25) is 0 Å². The average Bonchev–Trinajstić information content (AvgIpc) is 2.91. The van der Waals surface area contributed by atoms with Gasteiger partial charge in [-0.1, -0.05) is 0 Å². The lowest BCUT2D eigenvalue weighted by Gasteiger charge is -2.10. The minimum atomic E-state index is -0.194. The molecule has 98 valence electrons. The normalized spacial score (nSPS) is 18.6. The van der Waals surface area contributed by atoms with Crippen molar-refractivity contribution < 1.29 is 9.53 Å². The highest BCUT2D eigenvalue weighted by atomic mass is 16.5. The number of rotatable bonds is 5. The summed E-state index contributed by atoms with van der Waals surface area (Å²) in [5.74, 6) is 1.22. The monoisotopic (exact) mass is 249 g/mol. The van der Waals surface area contributed by atoms with Gasteiger partial charge in [0.05, 0.1) is 6.61 Å². The Balaban J connectivity index is 1.83. The van der Waals surface area contributed by atoms with Crippen LogP contribution in [0.25, 0.3) is 0 Å². The van der Waals surface area contributed by atoms with E-state index >= 15 is 0 Å². The van der Waals surface area contributed by atoms with Crippen LogP contribution in [0.5, 0.6) is 5.75 Å². The summed E-state index contributed by atoms with van der Waals surface area (Å²) in [6, 6.07) is 3.45. The summed E-state index contributed by atoms with van der Waals surface area (Å²) in [7, 11) is 1.59. The van der Waals surface area contributed by atoms with Crippen molar-refractivity contribution >= 4 is 5.91 Å². The second kappa shape index (κ2) is 6.35. The third kappa shape index (κ3) is 3.43. The number of carbonyl (C=O) groups is 1. The maximum atomic E-state index is 11.4. The van der Waals surface area contributed by atoms with Gasteiger partial charge in [0, 0.05) is 19.3 Å². The summed E-state index contributed by atoms with van der Waals surface area (Å²) in [5.41, 5.74) is 0.387. The Morgan fingerprint density at radius 3 is 3.28 bits per heavy atom. The number of pyridine rings is 1. The number of nitrogens with one attached hydrogen (secondary N) is 2. The molecule has 1 aromatic rings. The van der Waals surface area contributed by atoms with E-state index in [9.17, 15) is 4.79 Å². The first kappa shape index (κ1) is 12.8. The van der Waals surface area contributed by atoms with E-state index in [1.54, 1.807) is 25.4 Å². The summed E-state index contributed by atoms with van der Waals surface area (Å²) in [5, 5.41) is 5.88. The molecule has 1 saturated heterocycles. The Morgan fingerprint density at radius 2 is 2.56 bits per heavy atom. The van der Waals surface area contributed by atoms with Crippen molar-refractivity contribution in [1.82, 2.24) is 15.6 Å². The van der Waals surface area contributed by atoms with Crippen molar-refractivity contribution in [2.24, 2.45) is 5.92 Å².